The van der Waals surface area contributed by atoms with Gasteiger partial charge in [-0.25, -0.2) is 9.97 Å². The number of piperazine rings is 1. The summed E-state index contributed by atoms with van der Waals surface area (Å²) in [6, 6.07) is -1.25. The van der Waals surface area contributed by atoms with Gasteiger partial charge in [0.05, 0.1) is 5.39 Å². The summed E-state index contributed by atoms with van der Waals surface area (Å²) in [4.78, 5) is 92.9. The quantitative estimate of drug-likeness (QED) is 0.0251. The van der Waals surface area contributed by atoms with Crippen LogP contribution >= 0.6 is 0 Å². The Hall–Kier alpha value is -6.42. The minimum atomic E-state index is -1.12. The number of amides is 5. The first-order chi connectivity index (χ1) is 28.7. The van der Waals surface area contributed by atoms with Crippen LogP contribution in [-0.2, 0) is 24.0 Å². The number of nitrogens with zero attached hydrogens (tertiary/aromatic N) is 7. The van der Waals surface area contributed by atoms with E-state index in [1.165, 1.54) is 0 Å². The topological polar surface area (TPSA) is 389 Å². The lowest BCUT2D eigenvalue weighted by Gasteiger charge is -2.35. The fourth-order valence-electron chi connectivity index (χ4n) is 6.67. The predicted octanol–water partition coefficient (Wildman–Crippen LogP) is -2.56. The van der Waals surface area contributed by atoms with Gasteiger partial charge in [-0.05, 0) is 57.4 Å². The Morgan fingerprint density at radius 3 is 1.68 bits per heavy atom. The van der Waals surface area contributed by atoms with E-state index in [0.29, 0.717) is 58.3 Å². The minimum absolute atomic E-state index is 0.104. The number of fused-ring (bicyclic) bond motifs is 1. The van der Waals surface area contributed by atoms with Crippen molar-refractivity contribution < 1.29 is 24.0 Å². The molecule has 2 aromatic rings. The van der Waals surface area contributed by atoms with Gasteiger partial charge < -0.3 is 70.9 Å². The zero-order chi connectivity index (χ0) is 43.9. The maximum absolute atomic E-state index is 13.7. The van der Waals surface area contributed by atoms with Crippen molar-refractivity contribution in [2.75, 3.05) is 50.7 Å². The van der Waals surface area contributed by atoms with E-state index in [1.54, 1.807) is 6.33 Å². The van der Waals surface area contributed by atoms with E-state index in [4.69, 9.17) is 40.1 Å². The van der Waals surface area contributed by atoms with Crippen molar-refractivity contribution in [2.24, 2.45) is 55.1 Å². The van der Waals surface area contributed by atoms with Gasteiger partial charge in [0.25, 0.3) is 0 Å². The van der Waals surface area contributed by atoms with E-state index in [0.717, 1.165) is 42.5 Å². The number of aromatic amines is 1. The molecular formula is C37H64N18O5. The number of hydrogen-bond acceptors (Lipinski definition) is 11. The minimum Gasteiger partial charge on any atom is -0.370 e. The Morgan fingerprint density at radius 1 is 0.633 bits per heavy atom. The molecule has 0 aliphatic carbocycles. The summed E-state index contributed by atoms with van der Waals surface area (Å²) >= 11 is 0. The molecule has 3 rings (SSSR count). The highest BCUT2D eigenvalue weighted by molar-refractivity contribution is 5.94. The molecular weight excluding hydrogens is 777 g/mol. The molecule has 3 atom stereocenters. The average molecular weight is 841 g/mol. The van der Waals surface area contributed by atoms with Crippen LogP contribution in [0.4, 0.5) is 5.82 Å². The number of guanidine groups is 3. The number of aliphatic imine (C=N–C) groups is 3. The molecule has 1 saturated heterocycles. The van der Waals surface area contributed by atoms with Crippen LogP contribution in [0.1, 0.15) is 83.5 Å². The number of nitrogens with two attached hydrogens (primary N) is 7. The summed E-state index contributed by atoms with van der Waals surface area (Å²) in [6.45, 7) is 3.25. The molecule has 60 heavy (non-hydrogen) atoms. The lowest BCUT2D eigenvalue weighted by molar-refractivity contribution is -0.133. The number of unbranched alkanes of at least 4 members (excludes halogenated alkanes) is 4. The Kier molecular flexibility index (Phi) is 20.6. The van der Waals surface area contributed by atoms with Crippen LogP contribution in [0.15, 0.2) is 33.6 Å². The third-order valence-electron chi connectivity index (χ3n) is 9.84. The molecule has 1 fully saturated rings. The predicted molar refractivity (Wildman–Crippen MR) is 230 cm³/mol. The summed E-state index contributed by atoms with van der Waals surface area (Å²) in [5, 5.41) is 9.07. The molecule has 1 aliphatic rings. The number of H-pyrrole nitrogens is 1. The monoisotopic (exact) mass is 841 g/mol. The molecule has 0 spiro atoms. The van der Waals surface area contributed by atoms with E-state index >= 15 is 0 Å². The van der Waals surface area contributed by atoms with Crippen molar-refractivity contribution in [3.05, 3.63) is 18.6 Å². The van der Waals surface area contributed by atoms with Crippen LogP contribution in [0.3, 0.4) is 0 Å². The van der Waals surface area contributed by atoms with Crippen LogP contribution in [0, 0.1) is 0 Å². The summed E-state index contributed by atoms with van der Waals surface area (Å²) in [5.74, 6) is -1.74. The second kappa shape index (κ2) is 25.8. The van der Waals surface area contributed by atoms with E-state index in [2.05, 4.69) is 50.8 Å². The van der Waals surface area contributed by atoms with Crippen LogP contribution in [0.2, 0.25) is 0 Å². The second-order valence-electron chi connectivity index (χ2n) is 14.6. The number of primary amides is 1. The van der Waals surface area contributed by atoms with Gasteiger partial charge in [0.1, 0.15) is 35.9 Å². The van der Waals surface area contributed by atoms with Crippen LogP contribution in [0.5, 0.6) is 0 Å². The van der Waals surface area contributed by atoms with Crippen molar-refractivity contribution >= 4 is 64.3 Å². The first kappa shape index (κ1) is 48.0. The normalized spacial score (nSPS) is 14.0. The highest BCUT2D eigenvalue weighted by Crippen LogP contribution is 2.23. The fraction of sp³-hybridized carbons (Fsp3) is 0.622. The molecule has 5 amide bonds. The van der Waals surface area contributed by atoms with Gasteiger partial charge in [0.15, 0.2) is 17.9 Å². The Balaban J connectivity index is 1.47. The molecule has 0 aromatic carbocycles. The zero-order valence-electron chi connectivity index (χ0n) is 34.3. The fourth-order valence-corrected chi connectivity index (χ4v) is 6.67. The zero-order valence-corrected chi connectivity index (χ0v) is 34.3. The highest BCUT2D eigenvalue weighted by atomic mass is 16.2. The van der Waals surface area contributed by atoms with Crippen molar-refractivity contribution in [2.45, 2.75) is 102 Å². The molecule has 3 heterocycles. The number of anilines is 1. The molecule has 18 N–H and O–H groups in total. The molecule has 0 radical (unpaired) electrons. The van der Waals surface area contributed by atoms with Crippen LogP contribution < -0.4 is 61.0 Å². The first-order valence-electron chi connectivity index (χ1n) is 20.4. The van der Waals surface area contributed by atoms with Crippen molar-refractivity contribution in [1.82, 2.24) is 35.8 Å². The van der Waals surface area contributed by atoms with Gasteiger partial charge in [-0.2, -0.15) is 0 Å². The number of hydrogen-bond donors (Lipinski definition) is 11. The third-order valence-corrected chi connectivity index (χ3v) is 9.84. The Labute approximate surface area is 349 Å². The summed E-state index contributed by atoms with van der Waals surface area (Å²) < 4.78 is 0. The van der Waals surface area contributed by atoms with Gasteiger partial charge in [-0.3, -0.25) is 38.9 Å². The van der Waals surface area contributed by atoms with Crippen LogP contribution in [-0.4, -0.2) is 131 Å². The van der Waals surface area contributed by atoms with E-state index in [1.807, 2.05) is 17.2 Å². The van der Waals surface area contributed by atoms with Gasteiger partial charge in [-0.15, -0.1) is 0 Å². The summed E-state index contributed by atoms with van der Waals surface area (Å²) in [5.41, 5.74) is 38.8. The van der Waals surface area contributed by atoms with E-state index in [9.17, 15) is 24.0 Å². The molecule has 0 unspecified atom stereocenters. The summed E-state index contributed by atoms with van der Waals surface area (Å²) in [7, 11) is 0. The first-order valence-corrected chi connectivity index (χ1v) is 20.4. The third kappa shape index (κ3) is 17.6. The number of aromatic nitrogens is 3. The molecule has 332 valence electrons. The Bertz CT molecular complexity index is 1780. The molecule has 1 aliphatic heterocycles. The SMILES string of the molecule is NC(=O)[C@@H](CCCN=C(N)N)NC(=O)[C@@H](CCCN=C(N)N)NC(=O)[C@@H](CCCN=C(N)N)NC(=O)CCCCCCCC(=O)N1CCN(c2ncnc3[nH]ccc23)CC1. The van der Waals surface area contributed by atoms with Crippen molar-refractivity contribution in [3.8, 4) is 0 Å². The molecule has 0 bridgehead atoms. The molecule has 23 heteroatoms. The van der Waals surface area contributed by atoms with Gasteiger partial charge in [-0.1, -0.05) is 19.3 Å². The standard InChI is InChI=1S/C37H64N18O5/c38-30(58)25(9-6-15-46-35(39)40)52-34(60)27(11-8-17-48-37(43)44)53-33(59)26(10-7-16-47-36(41)42)51-28(56)12-4-2-1-3-5-13-29(57)54-19-21-55(22-20-54)32-24-14-18-45-31(24)49-23-50-32/h14,18,23,25-27H,1-13,15-17,19-22H2,(H2,38,58)(H,51,56)(H,52,60)(H,53,59)(H4,39,40,46)(H4,41,42,47)(H4,43,44,48)(H,45,49,50)/t25-,26-,27-/m1/s1. The van der Waals surface area contributed by atoms with Crippen molar-refractivity contribution in [1.29, 1.82) is 0 Å². The lowest BCUT2D eigenvalue weighted by Crippen LogP contribution is -2.56. The number of carbonyl (C=O) groups excluding carboxylic acids is 5. The largest absolute Gasteiger partial charge is 0.370 e. The maximum atomic E-state index is 13.7. The second-order valence-corrected chi connectivity index (χ2v) is 14.6. The number of nitrogens with one attached hydrogen (secondary N) is 4. The van der Waals surface area contributed by atoms with Gasteiger partial charge in [0.2, 0.25) is 29.5 Å². The molecule has 2 aromatic heterocycles. The number of carbonyl (C=O) groups is 5. The van der Waals surface area contributed by atoms with Gasteiger partial charge >= 0.3 is 0 Å². The van der Waals surface area contributed by atoms with Gasteiger partial charge in [0, 0.05) is 64.9 Å². The maximum Gasteiger partial charge on any atom is 0.243 e. The molecule has 23 nitrogen and oxygen atoms in total. The average Bonchev–Trinajstić information content (AvgIpc) is 3.70. The van der Waals surface area contributed by atoms with E-state index < -0.39 is 35.8 Å². The lowest BCUT2D eigenvalue weighted by atomic mass is 10.1. The number of rotatable bonds is 27. The summed E-state index contributed by atoms with van der Waals surface area (Å²) in [6.07, 6.45) is 9.22. The van der Waals surface area contributed by atoms with E-state index in [-0.39, 0.29) is 75.0 Å². The smallest absolute Gasteiger partial charge is 0.243 e. The van der Waals surface area contributed by atoms with Crippen molar-refractivity contribution in [3.63, 3.8) is 0 Å². The molecule has 0 saturated carbocycles. The van der Waals surface area contributed by atoms with Crippen LogP contribution in [0.25, 0.3) is 11.0 Å². The Morgan fingerprint density at radius 2 is 1.13 bits per heavy atom. The highest BCUT2D eigenvalue weighted by Gasteiger charge is 2.29.